The molecule has 30 heavy (non-hydrogen) atoms. The van der Waals surface area contributed by atoms with E-state index in [9.17, 15) is 9.59 Å². The van der Waals surface area contributed by atoms with Crippen molar-refractivity contribution in [2.45, 2.75) is 12.3 Å². The normalized spacial score (nSPS) is 18.3. The lowest BCUT2D eigenvalue weighted by atomic mass is 9.83. The van der Waals surface area contributed by atoms with Gasteiger partial charge in [-0.25, -0.2) is 4.79 Å². The molecule has 7 nitrogen and oxygen atoms in total. The second-order valence-corrected chi connectivity index (χ2v) is 7.29. The molecule has 8 heteroatoms. The Labute approximate surface area is 178 Å². The van der Waals surface area contributed by atoms with Crippen LogP contribution in [0, 0.1) is 0 Å². The van der Waals surface area contributed by atoms with Gasteiger partial charge in [0.15, 0.2) is 11.5 Å². The zero-order valence-corrected chi connectivity index (χ0v) is 17.5. The Hall–Kier alpha value is -3.19. The molecule has 0 fully saturated rings. The minimum Gasteiger partial charge on any atom is -0.496 e. The highest BCUT2D eigenvalue weighted by molar-refractivity contribution is 6.31. The van der Waals surface area contributed by atoms with E-state index in [1.54, 1.807) is 36.4 Å². The molecule has 0 bridgehead atoms. The number of esters is 1. The van der Waals surface area contributed by atoms with Crippen molar-refractivity contribution in [1.82, 2.24) is 0 Å². The summed E-state index contributed by atoms with van der Waals surface area (Å²) in [5.74, 6) is 0.305. The number of anilines is 1. The quantitative estimate of drug-likeness (QED) is 0.675. The van der Waals surface area contributed by atoms with Gasteiger partial charge in [0.1, 0.15) is 12.4 Å². The number of halogens is 1. The third kappa shape index (κ3) is 3.25. The number of cyclic esters (lactones) is 1. The van der Waals surface area contributed by atoms with E-state index < -0.39 is 11.9 Å². The molecule has 0 saturated carbocycles. The van der Waals surface area contributed by atoms with Crippen LogP contribution in [-0.2, 0) is 14.3 Å². The maximum Gasteiger partial charge on any atom is 0.336 e. The molecule has 0 saturated heterocycles. The van der Waals surface area contributed by atoms with Gasteiger partial charge < -0.3 is 18.9 Å². The highest BCUT2D eigenvalue weighted by Gasteiger charge is 2.44. The summed E-state index contributed by atoms with van der Waals surface area (Å²) in [6.45, 7) is 0.0124. The van der Waals surface area contributed by atoms with Gasteiger partial charge in [-0.1, -0.05) is 17.7 Å². The van der Waals surface area contributed by atoms with E-state index in [0.717, 1.165) is 0 Å². The lowest BCUT2D eigenvalue weighted by Gasteiger charge is -2.32. The monoisotopic (exact) mass is 429 g/mol. The average Bonchev–Trinajstić information content (AvgIpc) is 3.13. The first-order valence-electron chi connectivity index (χ1n) is 9.27. The van der Waals surface area contributed by atoms with Crippen molar-refractivity contribution in [3.63, 3.8) is 0 Å². The number of hydrogen-bond donors (Lipinski definition) is 0. The van der Waals surface area contributed by atoms with E-state index in [2.05, 4.69) is 0 Å². The number of benzene rings is 2. The predicted molar refractivity (Wildman–Crippen MR) is 110 cm³/mol. The molecule has 2 heterocycles. The number of nitrogens with zero attached hydrogens (tertiary/aromatic N) is 1. The molecule has 0 unspecified atom stereocenters. The van der Waals surface area contributed by atoms with E-state index in [1.165, 1.54) is 26.2 Å². The molecule has 0 aromatic heterocycles. The topological polar surface area (TPSA) is 74.3 Å². The lowest BCUT2D eigenvalue weighted by Crippen LogP contribution is -2.37. The summed E-state index contributed by atoms with van der Waals surface area (Å²) in [6, 6.07) is 10.4. The molecule has 156 valence electrons. The summed E-state index contributed by atoms with van der Waals surface area (Å²) in [7, 11) is 4.57. The van der Waals surface area contributed by atoms with Gasteiger partial charge in [-0.05, 0) is 24.3 Å². The van der Waals surface area contributed by atoms with Crippen molar-refractivity contribution in [3.8, 4) is 17.2 Å². The van der Waals surface area contributed by atoms with Crippen LogP contribution in [0.2, 0.25) is 5.02 Å². The first kappa shape index (κ1) is 20.1. The molecule has 0 spiro atoms. The van der Waals surface area contributed by atoms with Crippen molar-refractivity contribution in [3.05, 3.63) is 58.3 Å². The Bertz CT molecular complexity index is 1060. The van der Waals surface area contributed by atoms with Crippen LogP contribution < -0.4 is 19.1 Å². The number of ether oxygens (including phenoxy) is 4. The Balaban J connectivity index is 1.87. The summed E-state index contributed by atoms with van der Waals surface area (Å²) >= 11 is 6.11. The lowest BCUT2D eigenvalue weighted by molar-refractivity contribution is -0.136. The van der Waals surface area contributed by atoms with Crippen molar-refractivity contribution in [2.75, 3.05) is 32.8 Å². The van der Waals surface area contributed by atoms with Crippen LogP contribution in [0.15, 0.2) is 47.7 Å². The number of carbonyl (C=O) groups excluding carboxylic acids is 2. The molecule has 0 N–H and O–H groups in total. The second-order valence-electron chi connectivity index (χ2n) is 6.85. The summed E-state index contributed by atoms with van der Waals surface area (Å²) < 4.78 is 21.6. The summed E-state index contributed by atoms with van der Waals surface area (Å²) in [5.41, 5.74) is 2.19. The van der Waals surface area contributed by atoms with E-state index in [4.69, 9.17) is 30.5 Å². The number of carbonyl (C=O) groups is 2. The first-order chi connectivity index (χ1) is 14.5. The fourth-order valence-electron chi connectivity index (χ4n) is 3.96. The minimum absolute atomic E-state index is 0.0124. The van der Waals surface area contributed by atoms with Crippen LogP contribution in [0.3, 0.4) is 0 Å². The highest BCUT2D eigenvalue weighted by Crippen LogP contribution is 2.47. The zero-order valence-electron chi connectivity index (χ0n) is 16.7. The summed E-state index contributed by atoms with van der Waals surface area (Å²) in [4.78, 5) is 27.4. The molecule has 0 radical (unpaired) electrons. The molecule has 0 aliphatic carbocycles. The smallest absolute Gasteiger partial charge is 0.336 e. The molecule has 2 aromatic rings. The predicted octanol–water partition coefficient (Wildman–Crippen LogP) is 3.70. The van der Waals surface area contributed by atoms with Gasteiger partial charge in [0.25, 0.3) is 0 Å². The SMILES string of the molecule is COc1cc(OC)c([C@H]2CC(=O)N(c3cccc(Cl)c3)C3=C2C(=O)OC3)cc1OC. The molecule has 4 rings (SSSR count). The maximum atomic E-state index is 13.2. The van der Waals surface area contributed by atoms with Gasteiger partial charge in [0.05, 0.1) is 38.3 Å². The maximum absolute atomic E-state index is 13.2. The van der Waals surface area contributed by atoms with Crippen molar-refractivity contribution >= 4 is 29.2 Å². The van der Waals surface area contributed by atoms with Gasteiger partial charge in [0.2, 0.25) is 5.91 Å². The molecule has 1 atom stereocenters. The van der Waals surface area contributed by atoms with Crippen LogP contribution in [0.4, 0.5) is 5.69 Å². The van der Waals surface area contributed by atoms with Crippen LogP contribution in [0.1, 0.15) is 17.9 Å². The number of methoxy groups -OCH3 is 3. The molecule has 2 aliphatic rings. The highest BCUT2D eigenvalue weighted by atomic mass is 35.5. The molecule has 2 aliphatic heterocycles. The van der Waals surface area contributed by atoms with Gasteiger partial charge in [-0.15, -0.1) is 0 Å². The van der Waals surface area contributed by atoms with Crippen LogP contribution >= 0.6 is 11.6 Å². The van der Waals surface area contributed by atoms with Crippen LogP contribution in [0.5, 0.6) is 17.2 Å². The number of rotatable bonds is 5. The van der Waals surface area contributed by atoms with Crippen LogP contribution in [0.25, 0.3) is 0 Å². The molecule has 2 aromatic carbocycles. The molecular weight excluding hydrogens is 410 g/mol. The van der Waals surface area contributed by atoms with Gasteiger partial charge in [0, 0.05) is 29.0 Å². The van der Waals surface area contributed by atoms with Crippen molar-refractivity contribution < 1.29 is 28.5 Å². The van der Waals surface area contributed by atoms with E-state index in [-0.39, 0.29) is 18.9 Å². The third-order valence-corrected chi connectivity index (χ3v) is 5.53. The standard InChI is InChI=1S/C22H20ClNO6/c1-27-17-10-19(29-3)18(28-2)8-14(17)15-9-20(25)24(13-6-4-5-12(23)7-13)16-11-30-22(26)21(15)16/h4-8,10,15H,9,11H2,1-3H3/t15-/m1/s1. The third-order valence-electron chi connectivity index (χ3n) is 5.30. The Morgan fingerprint density at radius 2 is 1.70 bits per heavy atom. The van der Waals surface area contributed by atoms with Crippen LogP contribution in [-0.4, -0.2) is 39.8 Å². The van der Waals surface area contributed by atoms with Gasteiger partial charge in [-0.2, -0.15) is 0 Å². The van der Waals surface area contributed by atoms with Crippen molar-refractivity contribution in [1.29, 1.82) is 0 Å². The molecular formula is C22H20ClNO6. The molecule has 1 amide bonds. The van der Waals surface area contributed by atoms with E-state index >= 15 is 0 Å². The van der Waals surface area contributed by atoms with E-state index in [0.29, 0.717) is 44.8 Å². The zero-order chi connectivity index (χ0) is 21.4. The summed E-state index contributed by atoms with van der Waals surface area (Å²) in [6.07, 6.45) is 0.0618. The number of amides is 1. The van der Waals surface area contributed by atoms with Crippen molar-refractivity contribution in [2.24, 2.45) is 0 Å². The van der Waals surface area contributed by atoms with Gasteiger partial charge >= 0.3 is 5.97 Å². The first-order valence-corrected chi connectivity index (χ1v) is 9.64. The largest absolute Gasteiger partial charge is 0.496 e. The Morgan fingerprint density at radius 1 is 1.00 bits per heavy atom. The van der Waals surface area contributed by atoms with E-state index in [1.807, 2.05) is 0 Å². The minimum atomic E-state index is -0.535. The summed E-state index contributed by atoms with van der Waals surface area (Å²) in [5, 5.41) is 0.497. The fraction of sp³-hybridized carbons (Fsp3) is 0.273. The fourth-order valence-corrected chi connectivity index (χ4v) is 4.14. The number of hydrogen-bond acceptors (Lipinski definition) is 6. The van der Waals surface area contributed by atoms with Gasteiger partial charge in [-0.3, -0.25) is 9.69 Å². The second kappa shape index (κ2) is 7.91. The Kier molecular flexibility index (Phi) is 5.30. The Morgan fingerprint density at radius 3 is 2.37 bits per heavy atom. The average molecular weight is 430 g/mol.